The summed E-state index contributed by atoms with van der Waals surface area (Å²) in [5.74, 6) is 0. The van der Waals surface area contributed by atoms with Crippen molar-refractivity contribution in [2.24, 2.45) is 0 Å². The van der Waals surface area contributed by atoms with Crippen LogP contribution in [0.4, 0.5) is 0 Å². The molecule has 3 heteroatoms. The van der Waals surface area contributed by atoms with Gasteiger partial charge in [-0.15, -0.1) is 0 Å². The molecule has 3 aromatic heterocycles. The highest BCUT2D eigenvalue weighted by Gasteiger charge is 2.25. The first kappa shape index (κ1) is 26.5. The average Bonchev–Trinajstić information content (AvgIpc) is 3.80. The van der Waals surface area contributed by atoms with Gasteiger partial charge in [0.05, 0.1) is 33.1 Å². The first-order valence-corrected chi connectivity index (χ1v) is 16.9. The van der Waals surface area contributed by atoms with Crippen LogP contribution in [-0.2, 0) is 0 Å². The summed E-state index contributed by atoms with van der Waals surface area (Å²) < 4.78 is 7.44. The van der Waals surface area contributed by atoms with Crippen molar-refractivity contribution in [1.82, 2.24) is 13.7 Å². The molecule has 0 saturated heterocycles. The third-order valence-electron chi connectivity index (χ3n) is 10.4. The van der Waals surface area contributed by atoms with E-state index in [9.17, 15) is 0 Å². The molecule has 0 aliphatic carbocycles. The lowest BCUT2D eigenvalue weighted by Crippen LogP contribution is -1.95. The average molecular weight is 624 g/mol. The minimum Gasteiger partial charge on any atom is -0.309 e. The van der Waals surface area contributed by atoms with Gasteiger partial charge in [0, 0.05) is 49.4 Å². The van der Waals surface area contributed by atoms with Crippen LogP contribution >= 0.6 is 0 Å². The van der Waals surface area contributed by atoms with Crippen molar-refractivity contribution in [2.45, 2.75) is 0 Å². The molecule has 3 heterocycles. The molecule has 3 nitrogen and oxygen atoms in total. The molecule has 0 radical (unpaired) electrons. The Morgan fingerprint density at radius 2 is 0.714 bits per heavy atom. The second-order valence-electron chi connectivity index (χ2n) is 13.0. The van der Waals surface area contributed by atoms with E-state index < -0.39 is 0 Å². The quantitative estimate of drug-likeness (QED) is 0.186. The molecule has 8 aromatic carbocycles. The van der Waals surface area contributed by atoms with Crippen LogP contribution in [-0.4, -0.2) is 13.7 Å². The first-order chi connectivity index (χ1) is 24.3. The minimum absolute atomic E-state index is 1.15. The maximum Gasteiger partial charge on any atom is 0.0642 e. The van der Waals surface area contributed by atoms with Gasteiger partial charge >= 0.3 is 0 Å². The second kappa shape index (κ2) is 9.96. The number of para-hydroxylation sites is 4. The van der Waals surface area contributed by atoms with Crippen LogP contribution in [0.5, 0.6) is 0 Å². The van der Waals surface area contributed by atoms with Crippen LogP contribution in [0, 0.1) is 0 Å². The molecule has 0 aliphatic heterocycles. The Morgan fingerprint density at radius 3 is 1.31 bits per heavy atom. The lowest BCUT2D eigenvalue weighted by atomic mass is 10.0. The molecule has 0 bridgehead atoms. The highest BCUT2D eigenvalue weighted by atomic mass is 15.0. The zero-order valence-corrected chi connectivity index (χ0v) is 26.6. The van der Waals surface area contributed by atoms with Gasteiger partial charge < -0.3 is 13.7 Å². The van der Waals surface area contributed by atoms with E-state index in [-0.39, 0.29) is 0 Å². The van der Waals surface area contributed by atoms with Crippen molar-refractivity contribution in [2.75, 3.05) is 0 Å². The van der Waals surface area contributed by atoms with Crippen molar-refractivity contribution in [3.05, 3.63) is 176 Å². The number of benzene rings is 8. The summed E-state index contributed by atoms with van der Waals surface area (Å²) in [5, 5.41) is 10.0. The van der Waals surface area contributed by atoms with Crippen molar-refractivity contribution in [1.29, 1.82) is 0 Å². The fourth-order valence-electron chi connectivity index (χ4n) is 8.37. The first-order valence-electron chi connectivity index (χ1n) is 16.9. The van der Waals surface area contributed by atoms with E-state index in [1.807, 2.05) is 0 Å². The van der Waals surface area contributed by atoms with E-state index in [4.69, 9.17) is 0 Å². The van der Waals surface area contributed by atoms with Gasteiger partial charge in [0.2, 0.25) is 0 Å². The predicted octanol–water partition coefficient (Wildman–Crippen LogP) is 12.1. The van der Waals surface area contributed by atoms with Crippen LogP contribution in [0.2, 0.25) is 0 Å². The Hall–Kier alpha value is -6.58. The Labute approximate surface area is 282 Å². The Balaban J connectivity index is 1.47. The minimum atomic E-state index is 1.15. The number of fused-ring (bicyclic) bond motifs is 12. The number of hydrogen-bond donors (Lipinski definition) is 0. The maximum absolute atomic E-state index is 2.50. The highest BCUT2D eigenvalue weighted by molar-refractivity contribution is 6.33. The molecule has 11 aromatic rings. The summed E-state index contributed by atoms with van der Waals surface area (Å²) >= 11 is 0. The predicted molar refractivity (Wildman–Crippen MR) is 207 cm³/mol. The van der Waals surface area contributed by atoms with E-state index in [1.165, 1.54) is 76.2 Å². The molecule has 0 saturated carbocycles. The van der Waals surface area contributed by atoms with Gasteiger partial charge in [0.15, 0.2) is 0 Å². The van der Waals surface area contributed by atoms with Crippen LogP contribution in [0.3, 0.4) is 0 Å². The monoisotopic (exact) mass is 623 g/mol. The Morgan fingerprint density at radius 1 is 0.265 bits per heavy atom. The van der Waals surface area contributed by atoms with Crippen LogP contribution in [0.25, 0.3) is 93.3 Å². The van der Waals surface area contributed by atoms with E-state index >= 15 is 0 Å². The molecule has 0 unspecified atom stereocenters. The Kier molecular flexibility index (Phi) is 5.38. The van der Waals surface area contributed by atoms with Gasteiger partial charge in [0.1, 0.15) is 0 Å². The van der Waals surface area contributed by atoms with Crippen molar-refractivity contribution < 1.29 is 0 Å². The van der Waals surface area contributed by atoms with Crippen LogP contribution < -0.4 is 0 Å². The fraction of sp³-hybridized carbons (Fsp3) is 0. The van der Waals surface area contributed by atoms with E-state index in [0.29, 0.717) is 0 Å². The van der Waals surface area contributed by atoms with Gasteiger partial charge in [-0.2, -0.15) is 0 Å². The normalized spacial score (nSPS) is 12.1. The molecule has 0 N–H and O–H groups in total. The largest absolute Gasteiger partial charge is 0.309 e. The lowest BCUT2D eigenvalue weighted by molar-refractivity contribution is 1.17. The zero-order chi connectivity index (χ0) is 32.1. The van der Waals surface area contributed by atoms with Crippen LogP contribution in [0.15, 0.2) is 176 Å². The molecular formula is C46H29N3. The molecule has 0 aliphatic rings. The van der Waals surface area contributed by atoms with Crippen molar-refractivity contribution in [3.63, 3.8) is 0 Å². The molecular weight excluding hydrogens is 595 g/mol. The van der Waals surface area contributed by atoms with Gasteiger partial charge in [-0.1, -0.05) is 109 Å². The molecule has 228 valence electrons. The summed E-state index contributed by atoms with van der Waals surface area (Å²) in [6, 6.07) is 64.2. The highest BCUT2D eigenvalue weighted by Crippen LogP contribution is 2.46. The van der Waals surface area contributed by atoms with Crippen LogP contribution in [0.1, 0.15) is 0 Å². The molecule has 11 rings (SSSR count). The standard InChI is InChI=1S/C46H29N3/c1-4-16-32(17-5-1)47-40-26-24-36-35-22-12-13-23-39(35)48(33-18-6-2-7-19-33)45(36)43(40)44-41(47)27-25-37-38-28-30-14-10-11-15-31(30)29-42(38)49(46(37)44)34-20-8-3-9-21-34/h1-29H. The van der Waals surface area contributed by atoms with Gasteiger partial charge in [-0.25, -0.2) is 0 Å². The summed E-state index contributed by atoms with van der Waals surface area (Å²) in [6.45, 7) is 0. The summed E-state index contributed by atoms with van der Waals surface area (Å²) in [4.78, 5) is 0. The Bertz CT molecular complexity index is 3070. The number of aromatic nitrogens is 3. The number of nitrogens with zero attached hydrogens (tertiary/aromatic N) is 3. The number of hydrogen-bond acceptors (Lipinski definition) is 0. The molecule has 0 fully saturated rings. The molecule has 0 spiro atoms. The van der Waals surface area contributed by atoms with Crippen molar-refractivity contribution >= 4 is 76.2 Å². The zero-order valence-electron chi connectivity index (χ0n) is 26.6. The topological polar surface area (TPSA) is 14.8 Å². The van der Waals surface area contributed by atoms with E-state index in [1.54, 1.807) is 0 Å². The van der Waals surface area contributed by atoms with Gasteiger partial charge in [-0.3, -0.25) is 0 Å². The third-order valence-corrected chi connectivity index (χ3v) is 10.4. The van der Waals surface area contributed by atoms with Gasteiger partial charge in [0.25, 0.3) is 0 Å². The van der Waals surface area contributed by atoms with E-state index in [2.05, 4.69) is 190 Å². The lowest BCUT2D eigenvalue weighted by Gasteiger charge is -2.11. The smallest absolute Gasteiger partial charge is 0.0642 e. The molecule has 0 amide bonds. The SMILES string of the molecule is c1ccc(-n2c3ccc4c5ccccc5n(-c5ccccc5)c4c3c3c2ccc2c4cc5ccccc5cc4n(-c4ccccc4)c23)cc1. The number of rotatable bonds is 3. The van der Waals surface area contributed by atoms with Crippen molar-refractivity contribution in [3.8, 4) is 17.1 Å². The molecule has 49 heavy (non-hydrogen) atoms. The summed E-state index contributed by atoms with van der Waals surface area (Å²) in [5.41, 5.74) is 10.7. The molecule has 0 atom stereocenters. The fourth-order valence-corrected chi connectivity index (χ4v) is 8.37. The second-order valence-corrected chi connectivity index (χ2v) is 13.0. The summed E-state index contributed by atoms with van der Waals surface area (Å²) in [6.07, 6.45) is 0. The van der Waals surface area contributed by atoms with Gasteiger partial charge in [-0.05, 0) is 77.5 Å². The third kappa shape index (κ3) is 3.62. The van der Waals surface area contributed by atoms with E-state index in [0.717, 1.165) is 17.1 Å². The maximum atomic E-state index is 2.50. The summed E-state index contributed by atoms with van der Waals surface area (Å²) in [7, 11) is 0.